The predicted molar refractivity (Wildman–Crippen MR) is 41.8 cm³/mol. The second-order valence-corrected chi connectivity index (χ2v) is 3.24. The fraction of sp³-hybridized carbons (Fsp3) is 0.778. The van der Waals surface area contributed by atoms with Crippen molar-refractivity contribution in [1.82, 2.24) is 0 Å². The van der Waals surface area contributed by atoms with Crippen molar-refractivity contribution in [2.45, 2.75) is 38.5 Å². The van der Waals surface area contributed by atoms with E-state index >= 15 is 0 Å². The molecule has 2 fully saturated rings. The molecule has 1 saturated carbocycles. The molecule has 0 spiro atoms. The number of allylic oxidation sites excluding steroid dienone is 1. The fourth-order valence-electron chi connectivity index (χ4n) is 1.78. The second kappa shape index (κ2) is 3.26. The van der Waals surface area contributed by atoms with Crippen LogP contribution in [0.3, 0.4) is 0 Å². The maximum Gasteiger partial charge on any atom is 0.144 e. The van der Waals surface area contributed by atoms with Gasteiger partial charge in [0.25, 0.3) is 0 Å². The van der Waals surface area contributed by atoms with Crippen LogP contribution in [0.2, 0.25) is 0 Å². The third kappa shape index (κ3) is 1.56. The van der Waals surface area contributed by atoms with Crippen molar-refractivity contribution < 1.29 is 9.78 Å². The lowest BCUT2D eigenvalue weighted by molar-refractivity contribution is -0.224. The van der Waals surface area contributed by atoms with Gasteiger partial charge in [0.15, 0.2) is 0 Å². The zero-order chi connectivity index (χ0) is 7.52. The van der Waals surface area contributed by atoms with Gasteiger partial charge in [-0.1, -0.05) is 6.42 Å². The highest BCUT2D eigenvalue weighted by molar-refractivity contribution is 5.11. The van der Waals surface area contributed by atoms with Gasteiger partial charge in [-0.2, -0.15) is 4.89 Å². The van der Waals surface area contributed by atoms with E-state index in [0.717, 1.165) is 18.8 Å². The highest BCUT2D eigenvalue weighted by atomic mass is 17.2. The van der Waals surface area contributed by atoms with Gasteiger partial charge in [-0.15, -0.1) is 0 Å². The van der Waals surface area contributed by atoms with Crippen molar-refractivity contribution in [2.24, 2.45) is 0 Å². The van der Waals surface area contributed by atoms with Crippen LogP contribution in [0, 0.1) is 0 Å². The molecule has 0 N–H and O–H groups in total. The Hall–Kier alpha value is -0.500. The van der Waals surface area contributed by atoms with Gasteiger partial charge in [0.2, 0.25) is 0 Å². The summed E-state index contributed by atoms with van der Waals surface area (Å²) in [6.07, 6.45) is 7.52. The van der Waals surface area contributed by atoms with E-state index in [9.17, 15) is 0 Å². The molecular weight excluding hydrogens is 140 g/mol. The van der Waals surface area contributed by atoms with E-state index in [-0.39, 0.29) is 0 Å². The first-order valence-corrected chi connectivity index (χ1v) is 4.47. The van der Waals surface area contributed by atoms with Crippen LogP contribution in [0.5, 0.6) is 0 Å². The third-order valence-corrected chi connectivity index (χ3v) is 2.42. The van der Waals surface area contributed by atoms with Crippen molar-refractivity contribution in [3.8, 4) is 0 Å². The molecule has 0 aromatic heterocycles. The highest BCUT2D eigenvalue weighted by Crippen LogP contribution is 2.29. The molecule has 0 aromatic carbocycles. The van der Waals surface area contributed by atoms with E-state index in [0.29, 0.717) is 0 Å². The van der Waals surface area contributed by atoms with Crippen LogP contribution in [-0.4, -0.2) is 6.61 Å². The van der Waals surface area contributed by atoms with Gasteiger partial charge in [-0.25, -0.2) is 0 Å². The molecule has 0 bridgehead atoms. The molecule has 1 heterocycles. The molecule has 1 saturated heterocycles. The monoisotopic (exact) mass is 154 g/mol. The topological polar surface area (TPSA) is 18.5 Å². The van der Waals surface area contributed by atoms with Crippen LogP contribution < -0.4 is 0 Å². The Morgan fingerprint density at radius 1 is 0.909 bits per heavy atom. The number of hydrogen-bond donors (Lipinski definition) is 0. The van der Waals surface area contributed by atoms with Gasteiger partial charge in [0.05, 0.1) is 0 Å². The van der Waals surface area contributed by atoms with Crippen LogP contribution in [0.4, 0.5) is 0 Å². The standard InChI is InChI=1S/C9H14O2/c1-2-4-8(5-3-1)9-6-7-10-11-9/h1-7H2. The van der Waals surface area contributed by atoms with Gasteiger partial charge in [0, 0.05) is 6.42 Å². The zero-order valence-electron chi connectivity index (χ0n) is 6.77. The maximum absolute atomic E-state index is 5.07. The van der Waals surface area contributed by atoms with Crippen molar-refractivity contribution in [1.29, 1.82) is 0 Å². The second-order valence-electron chi connectivity index (χ2n) is 3.24. The minimum atomic E-state index is 0.749. The molecule has 62 valence electrons. The molecule has 0 unspecified atom stereocenters. The summed E-state index contributed by atoms with van der Waals surface area (Å²) in [5, 5.41) is 0. The average Bonchev–Trinajstić information content (AvgIpc) is 2.58. The molecule has 0 radical (unpaired) electrons. The van der Waals surface area contributed by atoms with E-state index in [2.05, 4.69) is 0 Å². The van der Waals surface area contributed by atoms with Crippen molar-refractivity contribution in [2.75, 3.05) is 6.61 Å². The Bertz CT molecular complexity index is 156. The third-order valence-electron chi connectivity index (χ3n) is 2.42. The first-order chi connectivity index (χ1) is 5.47. The lowest BCUT2D eigenvalue weighted by atomic mass is 9.93. The summed E-state index contributed by atoms with van der Waals surface area (Å²) in [5.74, 6) is 1.13. The summed E-state index contributed by atoms with van der Waals surface area (Å²) in [5.41, 5.74) is 1.51. The van der Waals surface area contributed by atoms with Crippen LogP contribution in [-0.2, 0) is 9.78 Å². The Labute approximate surface area is 67.1 Å². The predicted octanol–water partition coefficient (Wildman–Crippen LogP) is 2.56. The lowest BCUT2D eigenvalue weighted by Gasteiger charge is -2.14. The average molecular weight is 154 g/mol. The van der Waals surface area contributed by atoms with Crippen LogP contribution in [0.1, 0.15) is 38.5 Å². The Balaban J connectivity index is 2.03. The summed E-state index contributed by atoms with van der Waals surface area (Å²) < 4.78 is 0. The van der Waals surface area contributed by atoms with E-state index in [1.807, 2.05) is 0 Å². The molecular formula is C9H14O2. The van der Waals surface area contributed by atoms with Gasteiger partial charge in [-0.3, -0.25) is 0 Å². The lowest BCUT2D eigenvalue weighted by Crippen LogP contribution is -1.97. The van der Waals surface area contributed by atoms with E-state index in [4.69, 9.17) is 9.78 Å². The highest BCUT2D eigenvalue weighted by Gasteiger charge is 2.17. The molecule has 0 amide bonds. The normalized spacial score (nSPS) is 25.5. The van der Waals surface area contributed by atoms with E-state index in [1.54, 1.807) is 0 Å². The van der Waals surface area contributed by atoms with E-state index < -0.39 is 0 Å². The van der Waals surface area contributed by atoms with Gasteiger partial charge >= 0.3 is 0 Å². The molecule has 1 aliphatic carbocycles. The Morgan fingerprint density at radius 2 is 1.73 bits per heavy atom. The van der Waals surface area contributed by atoms with Crippen LogP contribution in [0.15, 0.2) is 11.3 Å². The summed E-state index contributed by atoms with van der Waals surface area (Å²) in [6.45, 7) is 0.749. The fourth-order valence-corrected chi connectivity index (χ4v) is 1.78. The minimum absolute atomic E-state index is 0.749. The molecule has 2 heteroatoms. The van der Waals surface area contributed by atoms with Crippen molar-refractivity contribution in [3.05, 3.63) is 11.3 Å². The molecule has 2 rings (SSSR count). The molecule has 2 nitrogen and oxygen atoms in total. The minimum Gasteiger partial charge on any atom is -0.342 e. The van der Waals surface area contributed by atoms with Crippen molar-refractivity contribution in [3.63, 3.8) is 0 Å². The largest absolute Gasteiger partial charge is 0.342 e. The first-order valence-electron chi connectivity index (χ1n) is 4.47. The number of rotatable bonds is 0. The summed E-state index contributed by atoms with van der Waals surface area (Å²) in [6, 6.07) is 0. The van der Waals surface area contributed by atoms with Gasteiger partial charge < -0.3 is 4.89 Å². The molecule has 11 heavy (non-hydrogen) atoms. The molecule has 1 aliphatic heterocycles. The Morgan fingerprint density at radius 3 is 2.36 bits per heavy atom. The SMILES string of the molecule is C1CCC(=C2CCOO2)CC1. The maximum atomic E-state index is 5.07. The summed E-state index contributed by atoms with van der Waals surface area (Å²) in [4.78, 5) is 9.92. The smallest absolute Gasteiger partial charge is 0.144 e. The summed E-state index contributed by atoms with van der Waals surface area (Å²) in [7, 11) is 0. The Kier molecular flexibility index (Phi) is 2.13. The number of hydrogen-bond acceptors (Lipinski definition) is 2. The molecule has 2 aliphatic rings. The molecule has 0 aromatic rings. The zero-order valence-corrected chi connectivity index (χ0v) is 6.77. The van der Waals surface area contributed by atoms with Crippen molar-refractivity contribution >= 4 is 0 Å². The van der Waals surface area contributed by atoms with Gasteiger partial charge in [-0.05, 0) is 31.3 Å². The van der Waals surface area contributed by atoms with Gasteiger partial charge in [0.1, 0.15) is 12.4 Å². The molecule has 0 atom stereocenters. The summed E-state index contributed by atoms with van der Waals surface area (Å²) >= 11 is 0. The van der Waals surface area contributed by atoms with Crippen LogP contribution >= 0.6 is 0 Å². The first kappa shape index (κ1) is 7.17. The van der Waals surface area contributed by atoms with E-state index in [1.165, 1.54) is 37.7 Å². The quantitative estimate of drug-likeness (QED) is 0.499. The van der Waals surface area contributed by atoms with Crippen LogP contribution in [0.25, 0.3) is 0 Å².